The maximum Gasteiger partial charge on any atom is 0.513 e. The van der Waals surface area contributed by atoms with Crippen LogP contribution >= 0.6 is 0 Å². The zero-order valence-electron chi connectivity index (χ0n) is 11.7. The molecule has 0 aliphatic heterocycles. The molecule has 0 saturated heterocycles. The summed E-state index contributed by atoms with van der Waals surface area (Å²) in [4.78, 5) is 11.5. The van der Waals surface area contributed by atoms with Crippen LogP contribution in [0.3, 0.4) is 0 Å². The maximum absolute atomic E-state index is 11.5. The third-order valence-corrected chi connectivity index (χ3v) is 3.17. The van der Waals surface area contributed by atoms with E-state index < -0.39 is 6.16 Å². The van der Waals surface area contributed by atoms with Crippen molar-refractivity contribution in [2.24, 2.45) is 0 Å². The van der Waals surface area contributed by atoms with Gasteiger partial charge in [0.1, 0.15) is 5.75 Å². The molecule has 0 radical (unpaired) electrons. The van der Waals surface area contributed by atoms with Crippen molar-refractivity contribution in [3.8, 4) is 5.75 Å². The molecule has 0 aromatic heterocycles. The monoisotopic (exact) mass is 250 g/mol. The highest BCUT2D eigenvalue weighted by Gasteiger charge is 2.10. The lowest BCUT2D eigenvalue weighted by molar-refractivity contribution is 0.0971. The minimum absolute atomic E-state index is 0.427. The lowest BCUT2D eigenvalue weighted by atomic mass is 10.0. The Morgan fingerprint density at radius 2 is 1.83 bits per heavy atom. The highest BCUT2D eigenvalue weighted by atomic mass is 16.7. The molecule has 3 heteroatoms. The molecule has 0 bridgehead atoms. The van der Waals surface area contributed by atoms with Crippen molar-refractivity contribution in [3.63, 3.8) is 0 Å². The van der Waals surface area contributed by atoms with Crippen LogP contribution in [0.4, 0.5) is 4.79 Å². The fourth-order valence-electron chi connectivity index (χ4n) is 1.67. The van der Waals surface area contributed by atoms with E-state index in [1.807, 2.05) is 32.9 Å². The van der Waals surface area contributed by atoms with E-state index >= 15 is 0 Å². The molecule has 1 aromatic carbocycles. The summed E-state index contributed by atoms with van der Waals surface area (Å²) >= 11 is 0. The summed E-state index contributed by atoms with van der Waals surface area (Å²) in [6, 6.07) is 3.76. The molecule has 100 valence electrons. The third kappa shape index (κ3) is 4.06. The van der Waals surface area contributed by atoms with Crippen LogP contribution in [0.1, 0.15) is 42.9 Å². The van der Waals surface area contributed by atoms with Crippen LogP contribution in [0.25, 0.3) is 0 Å². The van der Waals surface area contributed by atoms with Crippen LogP contribution < -0.4 is 4.74 Å². The normalized spacial score (nSPS) is 10.2. The average molecular weight is 250 g/mol. The van der Waals surface area contributed by atoms with Gasteiger partial charge in [0.2, 0.25) is 0 Å². The summed E-state index contributed by atoms with van der Waals surface area (Å²) in [5.41, 5.74) is 3.32. The number of benzene rings is 1. The molecule has 0 heterocycles. The third-order valence-electron chi connectivity index (χ3n) is 3.17. The molecule has 0 unspecified atom stereocenters. The van der Waals surface area contributed by atoms with Gasteiger partial charge in [0.05, 0.1) is 6.61 Å². The van der Waals surface area contributed by atoms with Crippen LogP contribution in [0.2, 0.25) is 0 Å². The van der Waals surface area contributed by atoms with Gasteiger partial charge >= 0.3 is 6.16 Å². The Balaban J connectivity index is 2.52. The number of ether oxygens (including phenoxy) is 2. The van der Waals surface area contributed by atoms with Gasteiger partial charge in [0, 0.05) is 0 Å². The van der Waals surface area contributed by atoms with Crippen LogP contribution in [-0.4, -0.2) is 12.8 Å². The summed E-state index contributed by atoms with van der Waals surface area (Å²) < 4.78 is 10.2. The van der Waals surface area contributed by atoms with E-state index in [-0.39, 0.29) is 0 Å². The van der Waals surface area contributed by atoms with Gasteiger partial charge < -0.3 is 9.47 Å². The molecule has 1 rings (SSSR count). The van der Waals surface area contributed by atoms with Crippen LogP contribution in [-0.2, 0) is 4.74 Å². The predicted molar refractivity (Wildman–Crippen MR) is 72.2 cm³/mol. The van der Waals surface area contributed by atoms with Gasteiger partial charge in [-0.2, -0.15) is 0 Å². The van der Waals surface area contributed by atoms with Crippen molar-refractivity contribution in [3.05, 3.63) is 28.8 Å². The van der Waals surface area contributed by atoms with Crippen molar-refractivity contribution in [1.29, 1.82) is 0 Å². The Bertz CT molecular complexity index is 410. The highest BCUT2D eigenvalue weighted by molar-refractivity contribution is 5.65. The number of unbranched alkanes of at least 4 members (excludes halogenated alkanes) is 2. The number of rotatable bonds is 5. The number of hydrogen-bond acceptors (Lipinski definition) is 3. The standard InChI is InChI=1S/C15H22O3/c1-5-6-7-10-17-15(16)18-14-9-8-11(2)12(3)13(14)4/h8-9H,5-7,10H2,1-4H3. The number of carbonyl (C=O) groups excluding carboxylic acids is 1. The van der Waals surface area contributed by atoms with E-state index in [9.17, 15) is 4.79 Å². The van der Waals surface area contributed by atoms with Gasteiger partial charge in [-0.15, -0.1) is 0 Å². The van der Waals surface area contributed by atoms with Crippen LogP contribution in [0.5, 0.6) is 5.75 Å². The Labute approximate surface area is 109 Å². The van der Waals surface area contributed by atoms with Crippen LogP contribution in [0.15, 0.2) is 12.1 Å². The Kier molecular flexibility index (Phi) is 5.69. The molecular weight excluding hydrogens is 228 g/mol. The number of carbonyl (C=O) groups is 1. The first-order valence-corrected chi connectivity index (χ1v) is 6.47. The Hall–Kier alpha value is -1.51. The lowest BCUT2D eigenvalue weighted by Gasteiger charge is -2.11. The Morgan fingerprint density at radius 3 is 2.50 bits per heavy atom. The first kappa shape index (κ1) is 14.6. The SMILES string of the molecule is CCCCCOC(=O)Oc1ccc(C)c(C)c1C. The number of aryl methyl sites for hydroxylation is 1. The topological polar surface area (TPSA) is 35.5 Å². The molecule has 0 atom stereocenters. The second kappa shape index (κ2) is 7.04. The van der Waals surface area contributed by atoms with E-state index in [1.165, 1.54) is 5.56 Å². The van der Waals surface area contributed by atoms with Crippen LogP contribution in [0, 0.1) is 20.8 Å². The fourth-order valence-corrected chi connectivity index (χ4v) is 1.67. The van der Waals surface area contributed by atoms with Gasteiger partial charge in [-0.25, -0.2) is 4.79 Å². The lowest BCUT2D eigenvalue weighted by Crippen LogP contribution is -2.12. The molecular formula is C15H22O3. The molecule has 0 saturated carbocycles. The van der Waals surface area contributed by atoms with E-state index in [2.05, 4.69) is 6.92 Å². The summed E-state index contributed by atoms with van der Waals surface area (Å²) in [5.74, 6) is 0.582. The van der Waals surface area contributed by atoms with Crippen molar-refractivity contribution < 1.29 is 14.3 Å². The zero-order valence-corrected chi connectivity index (χ0v) is 11.7. The fraction of sp³-hybridized carbons (Fsp3) is 0.533. The summed E-state index contributed by atoms with van der Waals surface area (Å²) in [6.45, 7) is 8.54. The highest BCUT2D eigenvalue weighted by Crippen LogP contribution is 2.24. The second-order valence-electron chi connectivity index (χ2n) is 4.54. The first-order valence-electron chi connectivity index (χ1n) is 6.47. The summed E-state index contributed by atoms with van der Waals surface area (Å²) in [5, 5.41) is 0. The maximum atomic E-state index is 11.5. The smallest absolute Gasteiger partial charge is 0.434 e. The zero-order chi connectivity index (χ0) is 13.5. The average Bonchev–Trinajstić information content (AvgIpc) is 2.35. The Morgan fingerprint density at radius 1 is 1.11 bits per heavy atom. The molecule has 0 aliphatic rings. The molecule has 1 aromatic rings. The largest absolute Gasteiger partial charge is 0.513 e. The van der Waals surface area contributed by atoms with Gasteiger partial charge in [-0.3, -0.25) is 0 Å². The minimum Gasteiger partial charge on any atom is -0.434 e. The van der Waals surface area contributed by atoms with Crippen molar-refractivity contribution in [2.75, 3.05) is 6.61 Å². The summed E-state index contributed by atoms with van der Waals surface area (Å²) in [7, 11) is 0. The quantitative estimate of drug-likeness (QED) is 0.443. The van der Waals surface area contributed by atoms with E-state index in [0.717, 1.165) is 30.4 Å². The molecule has 0 aliphatic carbocycles. The minimum atomic E-state index is -0.613. The van der Waals surface area contributed by atoms with E-state index in [1.54, 1.807) is 0 Å². The molecule has 0 fully saturated rings. The van der Waals surface area contributed by atoms with Gasteiger partial charge in [0.25, 0.3) is 0 Å². The van der Waals surface area contributed by atoms with E-state index in [4.69, 9.17) is 9.47 Å². The molecule has 0 amide bonds. The number of hydrogen-bond donors (Lipinski definition) is 0. The molecule has 0 spiro atoms. The molecule has 0 N–H and O–H groups in total. The van der Waals surface area contributed by atoms with Crippen molar-refractivity contribution in [1.82, 2.24) is 0 Å². The predicted octanol–water partition coefficient (Wildman–Crippen LogP) is 4.32. The molecule has 18 heavy (non-hydrogen) atoms. The van der Waals surface area contributed by atoms with Gasteiger partial charge in [0.15, 0.2) is 0 Å². The molecule has 3 nitrogen and oxygen atoms in total. The summed E-state index contributed by atoms with van der Waals surface area (Å²) in [6.07, 6.45) is 2.44. The van der Waals surface area contributed by atoms with Gasteiger partial charge in [-0.05, 0) is 49.9 Å². The van der Waals surface area contributed by atoms with Crippen molar-refractivity contribution in [2.45, 2.75) is 47.0 Å². The van der Waals surface area contributed by atoms with Crippen molar-refractivity contribution >= 4 is 6.16 Å². The first-order chi connectivity index (χ1) is 8.56. The van der Waals surface area contributed by atoms with Gasteiger partial charge in [-0.1, -0.05) is 25.8 Å². The van der Waals surface area contributed by atoms with E-state index in [0.29, 0.717) is 12.4 Å². The second-order valence-corrected chi connectivity index (χ2v) is 4.54.